The molecule has 0 radical (unpaired) electrons. The van der Waals surface area contributed by atoms with Crippen molar-refractivity contribution in [1.29, 1.82) is 0 Å². The second-order valence-electron chi connectivity index (χ2n) is 10.7. The first-order valence-corrected chi connectivity index (χ1v) is 13.6. The zero-order valence-corrected chi connectivity index (χ0v) is 23.8. The van der Waals surface area contributed by atoms with Gasteiger partial charge in [-0.25, -0.2) is 4.79 Å². The molecule has 1 unspecified atom stereocenters. The summed E-state index contributed by atoms with van der Waals surface area (Å²) < 4.78 is 17.9. The molecule has 2 N–H and O–H groups in total. The zero-order valence-electron chi connectivity index (χ0n) is 23.8. The molecule has 0 fully saturated rings. The van der Waals surface area contributed by atoms with Crippen LogP contribution in [0, 0.1) is 27.7 Å². The van der Waals surface area contributed by atoms with E-state index in [-0.39, 0.29) is 34.0 Å². The van der Waals surface area contributed by atoms with Crippen LogP contribution in [-0.4, -0.2) is 10.2 Å². The van der Waals surface area contributed by atoms with Gasteiger partial charge in [-0.15, -0.1) is 0 Å². The molecule has 6 rings (SSSR count). The van der Waals surface area contributed by atoms with Crippen LogP contribution < -0.4 is 15.1 Å². The highest BCUT2D eigenvalue weighted by molar-refractivity contribution is 5.87. The number of hydrogen-bond donors (Lipinski definition) is 2. The maximum Gasteiger partial charge on any atom is 0.344 e. The molecule has 6 nitrogen and oxygen atoms in total. The minimum Gasteiger partial charge on any atom is -0.507 e. The van der Waals surface area contributed by atoms with Gasteiger partial charge < -0.3 is 24.1 Å². The van der Waals surface area contributed by atoms with E-state index >= 15 is 0 Å². The van der Waals surface area contributed by atoms with Crippen LogP contribution in [0.1, 0.15) is 44.9 Å². The van der Waals surface area contributed by atoms with Gasteiger partial charge in [-0.05, 0) is 104 Å². The van der Waals surface area contributed by atoms with Gasteiger partial charge in [0.05, 0.1) is 22.4 Å². The fraction of sp³-hybridized carbons (Fsp3) is 0.139. The molecule has 1 aliphatic rings. The van der Waals surface area contributed by atoms with Crippen molar-refractivity contribution in [3.8, 4) is 23.0 Å². The smallest absolute Gasteiger partial charge is 0.344 e. The minimum absolute atomic E-state index is 0.0268. The third-order valence-corrected chi connectivity index (χ3v) is 7.94. The van der Waals surface area contributed by atoms with Crippen molar-refractivity contribution in [3.63, 3.8) is 0 Å². The molecule has 2 heterocycles. The van der Waals surface area contributed by atoms with Crippen molar-refractivity contribution in [2.24, 2.45) is 0 Å². The molecule has 0 amide bonds. The number of aromatic hydroxyl groups is 1. The van der Waals surface area contributed by atoms with E-state index in [1.54, 1.807) is 36.4 Å². The maximum absolute atomic E-state index is 13.6. The summed E-state index contributed by atoms with van der Waals surface area (Å²) in [6.45, 7) is 11.9. The number of aryl methyl sites for hydroxylation is 4. The number of benzene rings is 4. The molecule has 1 aromatic heterocycles. The average molecular weight is 559 g/mol. The van der Waals surface area contributed by atoms with E-state index in [1.165, 1.54) is 0 Å². The predicted molar refractivity (Wildman–Crippen MR) is 164 cm³/mol. The lowest BCUT2D eigenvalue weighted by Gasteiger charge is -2.29. The second kappa shape index (κ2) is 10.3. The van der Waals surface area contributed by atoms with E-state index in [9.17, 15) is 15.0 Å². The van der Waals surface area contributed by atoms with Gasteiger partial charge in [0.15, 0.2) is 0 Å². The number of para-hydroxylation sites is 1. The third kappa shape index (κ3) is 4.61. The standard InChI is InChI=1S/C36H30O6/c1-19-15-27-29(17-21(19)3)40-23(5)31(34(27)37)32(24-11-13-26(14-12-24)41-25-9-7-6-8-10-25)33-35(38)28-16-20(2)22(4)18-30(28)42-36(33)39/h6-18,32,37-38H,5H2,1-4H3. The molecule has 0 aliphatic carbocycles. The van der Waals surface area contributed by atoms with Crippen molar-refractivity contribution in [2.45, 2.75) is 33.6 Å². The second-order valence-corrected chi connectivity index (χ2v) is 10.7. The summed E-state index contributed by atoms with van der Waals surface area (Å²) in [6, 6.07) is 23.7. The van der Waals surface area contributed by atoms with Crippen molar-refractivity contribution in [3.05, 3.63) is 146 Å². The normalized spacial score (nSPS) is 13.6. The number of fused-ring (bicyclic) bond motifs is 2. The fourth-order valence-corrected chi connectivity index (χ4v) is 5.36. The van der Waals surface area contributed by atoms with Gasteiger partial charge >= 0.3 is 5.63 Å². The van der Waals surface area contributed by atoms with Gasteiger partial charge in [0.2, 0.25) is 0 Å². The average Bonchev–Trinajstić information content (AvgIpc) is 2.96. The molecular weight excluding hydrogens is 528 g/mol. The summed E-state index contributed by atoms with van der Waals surface area (Å²) in [6.07, 6.45) is 0. The Morgan fingerprint density at radius 2 is 1.40 bits per heavy atom. The molecule has 42 heavy (non-hydrogen) atoms. The molecular formula is C36H30O6. The fourth-order valence-electron chi connectivity index (χ4n) is 5.36. The highest BCUT2D eigenvalue weighted by Crippen LogP contribution is 2.47. The Labute approximate surface area is 243 Å². The van der Waals surface area contributed by atoms with Crippen LogP contribution >= 0.6 is 0 Å². The molecule has 0 saturated carbocycles. The van der Waals surface area contributed by atoms with E-state index in [1.807, 2.05) is 70.2 Å². The molecule has 0 saturated heterocycles. The highest BCUT2D eigenvalue weighted by Gasteiger charge is 2.36. The summed E-state index contributed by atoms with van der Waals surface area (Å²) in [5, 5.41) is 23.8. The summed E-state index contributed by atoms with van der Waals surface area (Å²) in [4.78, 5) is 13.6. The first-order chi connectivity index (χ1) is 20.1. The summed E-state index contributed by atoms with van der Waals surface area (Å²) >= 11 is 0. The van der Waals surface area contributed by atoms with Gasteiger partial charge in [-0.3, -0.25) is 0 Å². The van der Waals surface area contributed by atoms with E-state index in [0.717, 1.165) is 22.3 Å². The number of aliphatic hydroxyl groups excluding tert-OH is 1. The molecule has 6 heteroatoms. The molecule has 5 aromatic rings. The number of hydrogen-bond acceptors (Lipinski definition) is 6. The van der Waals surface area contributed by atoms with E-state index in [2.05, 4.69) is 6.58 Å². The number of rotatable bonds is 5. The van der Waals surface area contributed by atoms with Crippen LogP contribution in [0.25, 0.3) is 16.7 Å². The quantitative estimate of drug-likeness (QED) is 0.210. The third-order valence-electron chi connectivity index (χ3n) is 7.94. The Balaban J connectivity index is 1.58. The molecule has 0 bridgehead atoms. The summed E-state index contributed by atoms with van der Waals surface area (Å²) in [7, 11) is 0. The predicted octanol–water partition coefficient (Wildman–Crippen LogP) is 8.53. The van der Waals surface area contributed by atoms with Gasteiger partial charge in [0, 0.05) is 5.57 Å². The lowest BCUT2D eigenvalue weighted by atomic mass is 9.81. The number of ether oxygens (including phenoxy) is 2. The topological polar surface area (TPSA) is 89.1 Å². The lowest BCUT2D eigenvalue weighted by Crippen LogP contribution is -2.21. The van der Waals surface area contributed by atoms with Crippen LogP contribution in [0.3, 0.4) is 0 Å². The summed E-state index contributed by atoms with van der Waals surface area (Å²) in [5.74, 6) is 0.610. The van der Waals surface area contributed by atoms with Gasteiger partial charge in [-0.2, -0.15) is 0 Å². The Morgan fingerprint density at radius 3 is 2.12 bits per heavy atom. The maximum atomic E-state index is 13.6. The lowest BCUT2D eigenvalue weighted by molar-refractivity contribution is 0.398. The van der Waals surface area contributed by atoms with Crippen LogP contribution in [0.5, 0.6) is 23.0 Å². The van der Waals surface area contributed by atoms with E-state index in [4.69, 9.17) is 13.9 Å². The summed E-state index contributed by atoms with van der Waals surface area (Å²) in [5.41, 5.74) is 4.69. The zero-order chi connectivity index (χ0) is 29.7. The monoisotopic (exact) mass is 558 g/mol. The van der Waals surface area contributed by atoms with Crippen molar-refractivity contribution in [2.75, 3.05) is 0 Å². The first-order valence-electron chi connectivity index (χ1n) is 13.6. The highest BCUT2D eigenvalue weighted by atomic mass is 16.5. The molecule has 0 spiro atoms. The van der Waals surface area contributed by atoms with Gasteiger partial charge in [0.25, 0.3) is 0 Å². The Kier molecular flexibility index (Phi) is 6.62. The first kappa shape index (κ1) is 27.0. The van der Waals surface area contributed by atoms with Crippen molar-refractivity contribution >= 4 is 16.7 Å². The van der Waals surface area contributed by atoms with E-state index < -0.39 is 11.5 Å². The van der Waals surface area contributed by atoms with Gasteiger partial charge in [-0.1, -0.05) is 36.9 Å². The molecule has 1 aliphatic heterocycles. The number of aliphatic hydroxyl groups is 1. The SMILES string of the molecule is C=C1Oc2cc(C)c(C)cc2C(O)=C1C(c1ccc(Oc2ccccc2)cc1)c1c(O)c2cc(C)c(C)cc2oc1=O. The molecule has 4 aromatic carbocycles. The number of allylic oxidation sites excluding steroid dienone is 1. The van der Waals surface area contributed by atoms with E-state index in [0.29, 0.717) is 33.8 Å². The van der Waals surface area contributed by atoms with Gasteiger partial charge in [0.1, 0.15) is 40.1 Å². The van der Waals surface area contributed by atoms with Crippen LogP contribution in [0.2, 0.25) is 0 Å². The van der Waals surface area contributed by atoms with Crippen molar-refractivity contribution in [1.82, 2.24) is 0 Å². The molecule has 1 atom stereocenters. The van der Waals surface area contributed by atoms with Crippen molar-refractivity contribution < 1.29 is 24.1 Å². The minimum atomic E-state index is -0.972. The van der Waals surface area contributed by atoms with Crippen LogP contribution in [0.4, 0.5) is 0 Å². The molecule has 210 valence electrons. The Morgan fingerprint density at radius 1 is 0.786 bits per heavy atom. The Hall–Kier alpha value is -5.23. The Bertz CT molecular complexity index is 1960. The van der Waals surface area contributed by atoms with Crippen LogP contribution in [-0.2, 0) is 0 Å². The van der Waals surface area contributed by atoms with Crippen LogP contribution in [0.15, 0.2) is 106 Å². The largest absolute Gasteiger partial charge is 0.507 e.